The number of aryl methyl sites for hydroxylation is 2. The third-order valence-electron chi connectivity index (χ3n) is 6.89. The van der Waals surface area contributed by atoms with Crippen molar-refractivity contribution >= 4 is 11.1 Å². The number of ether oxygens (including phenoxy) is 2. The third-order valence-corrected chi connectivity index (χ3v) is 6.89. The summed E-state index contributed by atoms with van der Waals surface area (Å²) in [5, 5.41) is 0. The van der Waals surface area contributed by atoms with Gasteiger partial charge in [-0.1, -0.05) is 36.1 Å². The Morgan fingerprint density at radius 1 is 0.655 bits per heavy atom. The van der Waals surface area contributed by atoms with Gasteiger partial charge in [0.2, 0.25) is 0 Å². The van der Waals surface area contributed by atoms with Crippen molar-refractivity contribution in [2.75, 3.05) is 0 Å². The number of rotatable bonds is 0. The third kappa shape index (κ3) is 3.23. The predicted molar refractivity (Wildman–Crippen MR) is 115 cm³/mol. The minimum absolute atomic E-state index is 0.0169. The van der Waals surface area contributed by atoms with E-state index in [-0.39, 0.29) is 12.2 Å². The van der Waals surface area contributed by atoms with Crippen molar-refractivity contribution in [2.45, 2.75) is 70.4 Å². The average Bonchev–Trinajstić information content (AvgIpc) is 3.27. The van der Waals surface area contributed by atoms with Gasteiger partial charge >= 0.3 is 0 Å². The van der Waals surface area contributed by atoms with E-state index < -0.39 is 0 Å². The Balaban J connectivity index is 1.47. The molecule has 1 heterocycles. The van der Waals surface area contributed by atoms with E-state index in [1.54, 1.807) is 11.1 Å². The van der Waals surface area contributed by atoms with Crippen LogP contribution in [0.3, 0.4) is 0 Å². The molecule has 0 aromatic heterocycles. The van der Waals surface area contributed by atoms with Crippen molar-refractivity contribution in [3.63, 3.8) is 0 Å². The van der Waals surface area contributed by atoms with Crippen molar-refractivity contribution in [1.82, 2.24) is 0 Å². The van der Waals surface area contributed by atoms with E-state index in [2.05, 4.69) is 48.2 Å². The number of benzene rings is 2. The lowest BCUT2D eigenvalue weighted by Crippen LogP contribution is -2.09. The summed E-state index contributed by atoms with van der Waals surface area (Å²) in [5.41, 5.74) is 11.5. The van der Waals surface area contributed by atoms with Crippen LogP contribution in [0.5, 0.6) is 0 Å². The highest BCUT2D eigenvalue weighted by Gasteiger charge is 2.26. The molecule has 2 heteroatoms. The van der Waals surface area contributed by atoms with Crippen LogP contribution in [0.1, 0.15) is 65.5 Å². The zero-order valence-electron chi connectivity index (χ0n) is 16.8. The fourth-order valence-corrected chi connectivity index (χ4v) is 5.30. The van der Waals surface area contributed by atoms with Gasteiger partial charge in [-0.05, 0) is 102 Å². The Hall–Kier alpha value is -2.34. The molecule has 0 radical (unpaired) electrons. The molecule has 2 atom stereocenters. The van der Waals surface area contributed by atoms with E-state index in [9.17, 15) is 0 Å². The summed E-state index contributed by atoms with van der Waals surface area (Å²) < 4.78 is 12.4. The first kappa shape index (κ1) is 17.5. The summed E-state index contributed by atoms with van der Waals surface area (Å²) in [4.78, 5) is 0. The molecule has 2 nitrogen and oxygen atoms in total. The van der Waals surface area contributed by atoms with Gasteiger partial charge in [-0.3, -0.25) is 0 Å². The maximum Gasteiger partial charge on any atom is 0.118 e. The first-order valence-corrected chi connectivity index (χ1v) is 11.0. The van der Waals surface area contributed by atoms with Crippen LogP contribution in [-0.4, -0.2) is 12.2 Å². The average molecular weight is 383 g/mol. The maximum atomic E-state index is 6.20. The molecule has 0 amide bonds. The number of hydrogen-bond acceptors (Lipinski definition) is 2. The number of fused-ring (bicyclic) bond motifs is 4. The summed E-state index contributed by atoms with van der Waals surface area (Å²) in [5.74, 6) is 6.66. The molecule has 6 bridgehead atoms. The molecule has 2 aromatic rings. The van der Waals surface area contributed by atoms with Gasteiger partial charge in [0.25, 0.3) is 0 Å². The van der Waals surface area contributed by atoms with Crippen molar-refractivity contribution in [1.29, 1.82) is 0 Å². The van der Waals surface area contributed by atoms with Gasteiger partial charge in [-0.2, -0.15) is 0 Å². The van der Waals surface area contributed by atoms with Crippen LogP contribution in [0.15, 0.2) is 36.4 Å². The Morgan fingerprint density at radius 2 is 1.17 bits per heavy atom. The van der Waals surface area contributed by atoms with E-state index in [4.69, 9.17) is 9.47 Å². The van der Waals surface area contributed by atoms with Gasteiger partial charge in [0.05, 0.1) is 13.2 Å². The first-order valence-electron chi connectivity index (χ1n) is 11.0. The Bertz CT molecular complexity index is 984. The van der Waals surface area contributed by atoms with Gasteiger partial charge in [0.1, 0.15) is 12.2 Å². The van der Waals surface area contributed by atoms with E-state index in [1.807, 2.05) is 0 Å². The highest BCUT2D eigenvalue weighted by atomic mass is 16.5. The lowest BCUT2D eigenvalue weighted by atomic mass is 9.95. The lowest BCUT2D eigenvalue weighted by Gasteiger charge is -2.14. The van der Waals surface area contributed by atoms with Crippen molar-refractivity contribution in [2.24, 2.45) is 0 Å². The van der Waals surface area contributed by atoms with Crippen molar-refractivity contribution < 1.29 is 9.47 Å². The highest BCUT2D eigenvalue weighted by Crippen LogP contribution is 2.44. The fraction of sp³-hybridized carbons (Fsp3) is 0.407. The number of hydrogen-bond donors (Lipinski definition) is 0. The second kappa shape index (κ2) is 7.17. The van der Waals surface area contributed by atoms with E-state index in [0.29, 0.717) is 13.2 Å². The molecule has 0 fully saturated rings. The van der Waals surface area contributed by atoms with Gasteiger partial charge in [-0.25, -0.2) is 0 Å². The molecule has 1 aliphatic heterocycles. The largest absolute Gasteiger partial charge is 0.361 e. The molecule has 4 aliphatic rings. The van der Waals surface area contributed by atoms with E-state index >= 15 is 0 Å². The maximum absolute atomic E-state index is 6.20. The molecule has 0 saturated heterocycles. The quantitative estimate of drug-likeness (QED) is 0.563. The number of allylic oxidation sites excluding steroid dienone is 2. The van der Waals surface area contributed by atoms with Crippen LogP contribution in [0, 0.1) is 11.8 Å². The molecule has 2 aromatic carbocycles. The van der Waals surface area contributed by atoms with Gasteiger partial charge in [0.15, 0.2) is 0 Å². The summed E-state index contributed by atoms with van der Waals surface area (Å²) in [6, 6.07) is 13.9. The predicted octanol–water partition coefficient (Wildman–Crippen LogP) is 5.46. The van der Waals surface area contributed by atoms with Crippen molar-refractivity contribution in [3.8, 4) is 11.8 Å². The minimum Gasteiger partial charge on any atom is -0.361 e. The standard InChI is InChI=1S/C27H26O2/c1-2-22-10-11-23(3-1)29-17-19-5-7-21-9-13-25(27(21)15-19)24-12-8-20-6-4-18(16-28-22)14-26(20)24/h4-7,14-15,22-23H,1-3,8-9,12-13,16-17H2/b25-24-. The second-order valence-corrected chi connectivity index (χ2v) is 8.76. The van der Waals surface area contributed by atoms with Crippen LogP contribution < -0.4 is 0 Å². The van der Waals surface area contributed by atoms with Crippen molar-refractivity contribution in [3.05, 3.63) is 69.8 Å². The Kier molecular flexibility index (Phi) is 4.33. The minimum atomic E-state index is 0.0169. The molecule has 0 spiro atoms. The van der Waals surface area contributed by atoms with Crippen LogP contribution in [0.4, 0.5) is 0 Å². The fourth-order valence-electron chi connectivity index (χ4n) is 5.30. The molecule has 3 aliphatic carbocycles. The summed E-state index contributed by atoms with van der Waals surface area (Å²) in [7, 11) is 0. The Morgan fingerprint density at radius 3 is 1.69 bits per heavy atom. The molecule has 29 heavy (non-hydrogen) atoms. The van der Waals surface area contributed by atoms with Crippen LogP contribution in [0.25, 0.3) is 11.1 Å². The van der Waals surface area contributed by atoms with E-state index in [1.165, 1.54) is 33.4 Å². The highest BCUT2D eigenvalue weighted by molar-refractivity contribution is 5.96. The summed E-state index contributed by atoms with van der Waals surface area (Å²) >= 11 is 0. The molecule has 0 saturated carbocycles. The monoisotopic (exact) mass is 382 g/mol. The normalized spacial score (nSPS) is 27.4. The van der Waals surface area contributed by atoms with Crippen LogP contribution in [0.2, 0.25) is 0 Å². The zero-order valence-corrected chi connectivity index (χ0v) is 16.8. The van der Waals surface area contributed by atoms with Crippen LogP contribution in [-0.2, 0) is 35.5 Å². The molecule has 6 rings (SSSR count). The van der Waals surface area contributed by atoms with Crippen LogP contribution >= 0.6 is 0 Å². The first-order chi connectivity index (χ1) is 14.3. The second-order valence-electron chi connectivity index (χ2n) is 8.76. The lowest BCUT2D eigenvalue weighted by molar-refractivity contribution is 0.0614. The van der Waals surface area contributed by atoms with Gasteiger partial charge < -0.3 is 9.47 Å². The SMILES string of the molecule is C1#CC2CCCC1OCc1ccc3c(c1)/C(=C1/CCc4ccc(cc41)CO2)CC3. The summed E-state index contributed by atoms with van der Waals surface area (Å²) in [6.07, 6.45) is 7.73. The zero-order chi connectivity index (χ0) is 19.2. The van der Waals surface area contributed by atoms with Gasteiger partial charge in [0, 0.05) is 0 Å². The van der Waals surface area contributed by atoms with E-state index in [0.717, 1.165) is 44.9 Å². The molecular weight excluding hydrogens is 356 g/mol. The molecule has 2 unspecified atom stereocenters. The van der Waals surface area contributed by atoms with Gasteiger partial charge in [-0.15, -0.1) is 0 Å². The topological polar surface area (TPSA) is 18.5 Å². The molecule has 146 valence electrons. The smallest absolute Gasteiger partial charge is 0.118 e. The molecular formula is C27H26O2. The Labute approximate surface area is 172 Å². The summed E-state index contributed by atoms with van der Waals surface area (Å²) in [6.45, 7) is 1.28. The molecule has 0 N–H and O–H groups in total.